The van der Waals surface area contributed by atoms with Crippen LogP contribution in [0.1, 0.15) is 15.9 Å². The quantitative estimate of drug-likeness (QED) is 0.473. The van der Waals surface area contributed by atoms with Crippen LogP contribution in [0.5, 0.6) is 11.5 Å². The molecule has 0 aliphatic carbocycles. The van der Waals surface area contributed by atoms with Crippen molar-refractivity contribution in [1.29, 1.82) is 0 Å². The second-order valence-corrected chi connectivity index (χ2v) is 8.39. The fraction of sp³-hybridized carbons (Fsp3) is 0.174. The average Bonchev–Trinajstić information content (AvgIpc) is 2.81. The Bertz CT molecular complexity index is 1080. The number of nitrogens with one attached hydrogen (secondary N) is 2. The molecule has 31 heavy (non-hydrogen) atoms. The maximum Gasteiger partial charge on any atom is 0.251 e. The number of hydrogen-bond acceptors (Lipinski definition) is 5. The Hall–Kier alpha value is -3.36. The smallest absolute Gasteiger partial charge is 0.251 e. The Morgan fingerprint density at radius 1 is 0.839 bits per heavy atom. The van der Waals surface area contributed by atoms with Gasteiger partial charge in [-0.2, -0.15) is 0 Å². The van der Waals surface area contributed by atoms with E-state index < -0.39 is 10.0 Å². The summed E-state index contributed by atoms with van der Waals surface area (Å²) in [5.41, 5.74) is 1.52. The van der Waals surface area contributed by atoms with Gasteiger partial charge in [-0.3, -0.25) is 4.79 Å². The molecule has 0 aromatic heterocycles. The van der Waals surface area contributed by atoms with E-state index in [0.717, 1.165) is 5.56 Å². The zero-order chi connectivity index (χ0) is 22.1. The van der Waals surface area contributed by atoms with Gasteiger partial charge in [0.2, 0.25) is 10.0 Å². The largest absolute Gasteiger partial charge is 0.497 e. The molecule has 3 aromatic rings. The topological polar surface area (TPSA) is 93.7 Å². The molecule has 0 unspecified atom stereocenters. The molecule has 1 amide bonds. The molecule has 3 aromatic carbocycles. The molecule has 0 heterocycles. The molecule has 0 bridgehead atoms. The molecule has 0 aliphatic heterocycles. The first kappa shape index (κ1) is 22.3. The van der Waals surface area contributed by atoms with Crippen molar-refractivity contribution in [2.75, 3.05) is 20.2 Å². The minimum absolute atomic E-state index is 0.0678. The van der Waals surface area contributed by atoms with Gasteiger partial charge in [-0.1, -0.05) is 30.3 Å². The van der Waals surface area contributed by atoms with Gasteiger partial charge in [0.15, 0.2) is 0 Å². The maximum atomic E-state index is 12.3. The fourth-order valence-electron chi connectivity index (χ4n) is 2.75. The van der Waals surface area contributed by atoms with Gasteiger partial charge >= 0.3 is 0 Å². The van der Waals surface area contributed by atoms with Gasteiger partial charge in [-0.05, 0) is 54.1 Å². The van der Waals surface area contributed by atoms with E-state index in [-0.39, 0.29) is 23.9 Å². The number of hydrogen-bond donors (Lipinski definition) is 2. The predicted octanol–water partition coefficient (Wildman–Crippen LogP) is 2.98. The highest BCUT2D eigenvalue weighted by atomic mass is 32.2. The van der Waals surface area contributed by atoms with E-state index >= 15 is 0 Å². The van der Waals surface area contributed by atoms with Gasteiger partial charge in [0, 0.05) is 18.7 Å². The summed E-state index contributed by atoms with van der Waals surface area (Å²) >= 11 is 0. The summed E-state index contributed by atoms with van der Waals surface area (Å²) in [6, 6.07) is 22.6. The van der Waals surface area contributed by atoms with Crippen LogP contribution >= 0.6 is 0 Å². The Balaban J connectivity index is 1.43. The van der Waals surface area contributed by atoms with Crippen LogP contribution in [-0.4, -0.2) is 34.5 Å². The lowest BCUT2D eigenvalue weighted by Crippen LogP contribution is -2.34. The molecule has 0 atom stereocenters. The van der Waals surface area contributed by atoms with Crippen molar-refractivity contribution in [1.82, 2.24) is 10.0 Å². The van der Waals surface area contributed by atoms with Crippen molar-refractivity contribution in [3.05, 3.63) is 90.0 Å². The second-order valence-electron chi connectivity index (χ2n) is 6.63. The van der Waals surface area contributed by atoms with Crippen LogP contribution < -0.4 is 19.5 Å². The average molecular weight is 441 g/mol. The van der Waals surface area contributed by atoms with Crippen molar-refractivity contribution >= 4 is 15.9 Å². The zero-order valence-corrected chi connectivity index (χ0v) is 17.9. The molecule has 3 rings (SSSR count). The summed E-state index contributed by atoms with van der Waals surface area (Å²) in [4.78, 5) is 12.4. The number of methoxy groups -OCH3 is 1. The third-order valence-corrected chi connectivity index (χ3v) is 5.91. The number of sulfonamides is 1. The van der Waals surface area contributed by atoms with Gasteiger partial charge in [-0.25, -0.2) is 13.1 Å². The zero-order valence-electron chi connectivity index (χ0n) is 17.1. The first-order valence-corrected chi connectivity index (χ1v) is 11.1. The molecule has 0 saturated heterocycles. The lowest BCUT2D eigenvalue weighted by Gasteiger charge is -2.10. The maximum absolute atomic E-state index is 12.3. The van der Waals surface area contributed by atoms with E-state index in [1.807, 2.05) is 30.3 Å². The fourth-order valence-corrected chi connectivity index (χ4v) is 3.78. The van der Waals surface area contributed by atoms with Crippen LogP contribution in [0.2, 0.25) is 0 Å². The Kier molecular flexibility index (Phi) is 7.64. The highest BCUT2D eigenvalue weighted by molar-refractivity contribution is 7.89. The molecule has 7 nitrogen and oxygen atoms in total. The van der Waals surface area contributed by atoms with Gasteiger partial charge in [-0.15, -0.1) is 0 Å². The number of carbonyl (C=O) groups is 1. The third-order valence-electron chi connectivity index (χ3n) is 4.44. The van der Waals surface area contributed by atoms with E-state index in [4.69, 9.17) is 9.47 Å². The number of benzene rings is 3. The molecule has 0 radical (unpaired) electrons. The summed E-state index contributed by atoms with van der Waals surface area (Å²) < 4.78 is 37.7. The van der Waals surface area contributed by atoms with Crippen molar-refractivity contribution in [2.45, 2.75) is 11.5 Å². The lowest BCUT2D eigenvalue weighted by atomic mass is 10.2. The highest BCUT2D eigenvalue weighted by Crippen LogP contribution is 2.16. The number of amides is 1. The molecule has 8 heteroatoms. The molecule has 0 aliphatic rings. The summed E-state index contributed by atoms with van der Waals surface area (Å²) in [7, 11) is -2.15. The molecule has 0 spiro atoms. The van der Waals surface area contributed by atoms with Crippen molar-refractivity contribution in [2.24, 2.45) is 0 Å². The van der Waals surface area contributed by atoms with Gasteiger partial charge in [0.05, 0.1) is 12.0 Å². The summed E-state index contributed by atoms with van der Waals surface area (Å²) in [5.74, 6) is 0.939. The van der Waals surface area contributed by atoms with Gasteiger partial charge in [0.1, 0.15) is 18.1 Å². The standard InChI is InChI=1S/C23H24N2O5S/c1-29-20-11-13-22(14-12-20)31(27,28)25-16-15-24-23(26)19-7-9-21(10-8-19)30-17-18-5-3-2-4-6-18/h2-14,25H,15-17H2,1H3,(H,24,26). The van der Waals surface area contributed by atoms with Crippen molar-refractivity contribution in [3.8, 4) is 11.5 Å². The Morgan fingerprint density at radius 3 is 2.13 bits per heavy atom. The van der Waals surface area contributed by atoms with Crippen LogP contribution in [0.15, 0.2) is 83.8 Å². The minimum Gasteiger partial charge on any atom is -0.497 e. The monoisotopic (exact) mass is 440 g/mol. The lowest BCUT2D eigenvalue weighted by molar-refractivity contribution is 0.0954. The molecule has 0 saturated carbocycles. The van der Waals surface area contributed by atoms with Crippen LogP contribution in [0.3, 0.4) is 0 Å². The minimum atomic E-state index is -3.66. The molecule has 2 N–H and O–H groups in total. The van der Waals surface area contributed by atoms with Gasteiger partial charge in [0.25, 0.3) is 5.91 Å². The molecular weight excluding hydrogens is 416 g/mol. The summed E-state index contributed by atoms with van der Waals surface area (Å²) in [6.45, 7) is 0.666. The highest BCUT2D eigenvalue weighted by Gasteiger charge is 2.13. The Labute approximate surface area is 182 Å². The third kappa shape index (κ3) is 6.56. The van der Waals surface area contributed by atoms with E-state index in [0.29, 0.717) is 23.7 Å². The van der Waals surface area contributed by atoms with E-state index in [2.05, 4.69) is 10.0 Å². The second kappa shape index (κ2) is 10.6. The number of carbonyl (C=O) groups excluding carboxylic acids is 1. The molecule has 0 fully saturated rings. The predicted molar refractivity (Wildman–Crippen MR) is 118 cm³/mol. The molecule has 162 valence electrons. The number of ether oxygens (including phenoxy) is 2. The van der Waals surface area contributed by atoms with Crippen molar-refractivity contribution in [3.63, 3.8) is 0 Å². The van der Waals surface area contributed by atoms with E-state index in [1.54, 1.807) is 36.4 Å². The Morgan fingerprint density at radius 2 is 1.48 bits per heavy atom. The van der Waals surface area contributed by atoms with Crippen LogP contribution in [-0.2, 0) is 16.6 Å². The summed E-state index contributed by atoms with van der Waals surface area (Å²) in [5, 5.41) is 2.69. The van der Waals surface area contributed by atoms with Crippen molar-refractivity contribution < 1.29 is 22.7 Å². The van der Waals surface area contributed by atoms with E-state index in [1.165, 1.54) is 19.2 Å². The molecular formula is C23H24N2O5S. The summed E-state index contributed by atoms with van der Waals surface area (Å²) in [6.07, 6.45) is 0. The number of rotatable bonds is 10. The SMILES string of the molecule is COc1ccc(S(=O)(=O)NCCNC(=O)c2ccc(OCc3ccccc3)cc2)cc1. The van der Waals surface area contributed by atoms with Gasteiger partial charge < -0.3 is 14.8 Å². The first-order chi connectivity index (χ1) is 15.0. The van der Waals surface area contributed by atoms with Crippen LogP contribution in [0.4, 0.5) is 0 Å². The van der Waals surface area contributed by atoms with E-state index in [9.17, 15) is 13.2 Å². The normalized spacial score (nSPS) is 11.0. The van der Waals surface area contributed by atoms with Crippen LogP contribution in [0.25, 0.3) is 0 Å². The van der Waals surface area contributed by atoms with Crippen LogP contribution in [0, 0.1) is 0 Å². The first-order valence-electron chi connectivity index (χ1n) is 9.66.